The van der Waals surface area contributed by atoms with Crippen LogP contribution in [0.3, 0.4) is 0 Å². The zero-order chi connectivity index (χ0) is 17.7. The summed E-state index contributed by atoms with van der Waals surface area (Å²) < 4.78 is 40.4. The molecule has 6 nitrogen and oxygen atoms in total. The average molecular weight is 352 g/mol. The van der Waals surface area contributed by atoms with Crippen LogP contribution >= 0.6 is 0 Å². The van der Waals surface area contributed by atoms with Gasteiger partial charge in [-0.2, -0.15) is 18.3 Å². The largest absolute Gasteiger partial charge is 0.433 e. The molecule has 0 bridgehead atoms. The highest BCUT2D eigenvalue weighted by molar-refractivity contribution is 5.36. The molecule has 2 aliphatic heterocycles. The summed E-state index contributed by atoms with van der Waals surface area (Å²) in [7, 11) is 1.89. The second kappa shape index (κ2) is 5.69. The Bertz CT molecular complexity index is 773. The van der Waals surface area contributed by atoms with Crippen molar-refractivity contribution in [2.24, 2.45) is 7.05 Å². The van der Waals surface area contributed by atoms with Gasteiger partial charge in [-0.25, -0.2) is 9.97 Å². The van der Waals surface area contributed by atoms with Gasteiger partial charge < -0.3 is 4.90 Å². The van der Waals surface area contributed by atoms with E-state index in [1.807, 2.05) is 24.3 Å². The van der Waals surface area contributed by atoms with Crippen LogP contribution in [0, 0.1) is 0 Å². The molecule has 2 aromatic heterocycles. The third-order valence-corrected chi connectivity index (χ3v) is 5.20. The van der Waals surface area contributed by atoms with Crippen molar-refractivity contribution in [2.45, 2.75) is 31.1 Å². The lowest BCUT2D eigenvalue weighted by Gasteiger charge is -2.50. The molecule has 25 heavy (non-hydrogen) atoms. The molecule has 0 radical (unpaired) electrons. The SMILES string of the molecule is Cn1cc(CN2CCC23CCN(c2nccc(C(F)(F)F)n2)C3)cn1. The summed E-state index contributed by atoms with van der Waals surface area (Å²) in [4.78, 5) is 12.0. The van der Waals surface area contributed by atoms with E-state index in [-0.39, 0.29) is 11.5 Å². The molecule has 0 saturated carbocycles. The number of rotatable bonds is 3. The minimum Gasteiger partial charge on any atom is -0.339 e. The van der Waals surface area contributed by atoms with E-state index in [1.165, 1.54) is 6.20 Å². The van der Waals surface area contributed by atoms with Gasteiger partial charge in [0.05, 0.1) is 6.20 Å². The molecule has 1 spiro atoms. The van der Waals surface area contributed by atoms with Gasteiger partial charge in [-0.05, 0) is 18.9 Å². The topological polar surface area (TPSA) is 50.1 Å². The van der Waals surface area contributed by atoms with Gasteiger partial charge in [0.15, 0.2) is 0 Å². The molecule has 2 fully saturated rings. The van der Waals surface area contributed by atoms with E-state index in [2.05, 4.69) is 20.0 Å². The molecular weight excluding hydrogens is 333 g/mol. The fourth-order valence-corrected chi connectivity index (χ4v) is 3.75. The number of halogens is 3. The number of nitrogens with zero attached hydrogens (tertiary/aromatic N) is 6. The maximum Gasteiger partial charge on any atom is 0.433 e. The molecule has 134 valence electrons. The van der Waals surface area contributed by atoms with Gasteiger partial charge in [0.25, 0.3) is 0 Å². The Hall–Kier alpha value is -2.16. The highest BCUT2D eigenvalue weighted by Crippen LogP contribution is 2.41. The summed E-state index contributed by atoms with van der Waals surface area (Å²) in [6, 6.07) is 0.910. The van der Waals surface area contributed by atoms with Crippen LogP contribution in [0.2, 0.25) is 0 Å². The zero-order valence-corrected chi connectivity index (χ0v) is 13.9. The maximum atomic E-state index is 12.9. The summed E-state index contributed by atoms with van der Waals surface area (Å²) in [5.74, 6) is 0.167. The lowest BCUT2D eigenvalue weighted by atomic mass is 9.83. The van der Waals surface area contributed by atoms with E-state index in [0.717, 1.165) is 37.6 Å². The van der Waals surface area contributed by atoms with E-state index in [9.17, 15) is 13.2 Å². The van der Waals surface area contributed by atoms with Crippen LogP contribution in [-0.4, -0.2) is 49.8 Å². The summed E-state index contributed by atoms with van der Waals surface area (Å²) in [5.41, 5.74) is 0.266. The smallest absolute Gasteiger partial charge is 0.339 e. The average Bonchev–Trinajstić information content (AvgIpc) is 3.19. The molecule has 0 amide bonds. The Balaban J connectivity index is 1.48. The first-order valence-corrected chi connectivity index (χ1v) is 8.24. The summed E-state index contributed by atoms with van der Waals surface area (Å²) in [6.07, 6.45) is 2.54. The molecule has 0 N–H and O–H groups in total. The minimum absolute atomic E-state index is 0.00738. The number of aromatic nitrogens is 4. The van der Waals surface area contributed by atoms with Gasteiger partial charge in [0, 0.05) is 56.7 Å². The molecule has 2 aliphatic rings. The van der Waals surface area contributed by atoms with Crippen molar-refractivity contribution in [1.29, 1.82) is 0 Å². The van der Waals surface area contributed by atoms with E-state index >= 15 is 0 Å². The van der Waals surface area contributed by atoms with Gasteiger partial charge in [-0.3, -0.25) is 9.58 Å². The lowest BCUT2D eigenvalue weighted by Crippen LogP contribution is -2.60. The number of likely N-dealkylation sites (tertiary alicyclic amines) is 1. The summed E-state index contributed by atoms with van der Waals surface area (Å²) >= 11 is 0. The predicted molar refractivity (Wildman–Crippen MR) is 84.8 cm³/mol. The Morgan fingerprint density at radius 1 is 1.24 bits per heavy atom. The first kappa shape index (κ1) is 16.3. The molecule has 9 heteroatoms. The van der Waals surface area contributed by atoms with E-state index in [1.54, 1.807) is 4.68 Å². The monoisotopic (exact) mass is 352 g/mol. The Morgan fingerprint density at radius 3 is 2.68 bits per heavy atom. The van der Waals surface area contributed by atoms with Crippen LogP contribution in [0.15, 0.2) is 24.7 Å². The lowest BCUT2D eigenvalue weighted by molar-refractivity contribution is -0.141. The molecule has 2 aromatic rings. The zero-order valence-electron chi connectivity index (χ0n) is 13.9. The fourth-order valence-electron chi connectivity index (χ4n) is 3.75. The van der Waals surface area contributed by atoms with Crippen molar-refractivity contribution >= 4 is 5.95 Å². The molecule has 0 aromatic carbocycles. The number of hydrogen-bond donors (Lipinski definition) is 0. The number of aryl methyl sites for hydroxylation is 1. The number of hydrogen-bond acceptors (Lipinski definition) is 5. The number of anilines is 1. The maximum absolute atomic E-state index is 12.9. The van der Waals surface area contributed by atoms with E-state index in [4.69, 9.17) is 0 Å². The third kappa shape index (κ3) is 2.97. The third-order valence-electron chi connectivity index (χ3n) is 5.20. The highest BCUT2D eigenvalue weighted by Gasteiger charge is 2.49. The normalized spacial score (nSPS) is 24.1. The predicted octanol–water partition coefficient (Wildman–Crippen LogP) is 2.08. The first-order valence-electron chi connectivity index (χ1n) is 8.24. The van der Waals surface area contributed by atoms with Crippen molar-refractivity contribution < 1.29 is 13.2 Å². The van der Waals surface area contributed by atoms with E-state index < -0.39 is 11.9 Å². The highest BCUT2D eigenvalue weighted by atomic mass is 19.4. The van der Waals surface area contributed by atoms with Crippen molar-refractivity contribution in [3.8, 4) is 0 Å². The van der Waals surface area contributed by atoms with Crippen LogP contribution in [0.25, 0.3) is 0 Å². The molecule has 4 rings (SSSR count). The second-order valence-corrected chi connectivity index (χ2v) is 6.83. The quantitative estimate of drug-likeness (QED) is 0.847. The second-order valence-electron chi connectivity index (χ2n) is 6.83. The van der Waals surface area contributed by atoms with Gasteiger partial charge >= 0.3 is 6.18 Å². The first-order chi connectivity index (χ1) is 11.9. The van der Waals surface area contributed by atoms with E-state index in [0.29, 0.717) is 13.1 Å². The molecule has 1 atom stereocenters. The summed E-state index contributed by atoms with van der Waals surface area (Å²) in [5, 5.41) is 4.19. The molecule has 0 aliphatic carbocycles. The van der Waals surface area contributed by atoms with Crippen molar-refractivity contribution in [3.05, 3.63) is 35.9 Å². The van der Waals surface area contributed by atoms with Crippen LogP contribution in [0.1, 0.15) is 24.1 Å². The van der Waals surface area contributed by atoms with Crippen LogP contribution in [0.5, 0.6) is 0 Å². The Kier molecular flexibility index (Phi) is 3.71. The number of alkyl halides is 3. The Labute approximate surface area is 143 Å². The molecule has 4 heterocycles. The molecule has 2 saturated heterocycles. The van der Waals surface area contributed by atoms with Crippen molar-refractivity contribution in [2.75, 3.05) is 24.5 Å². The van der Waals surface area contributed by atoms with Gasteiger partial charge in [-0.15, -0.1) is 0 Å². The summed E-state index contributed by atoms with van der Waals surface area (Å²) in [6.45, 7) is 3.14. The standard InChI is InChI=1S/C16H19F3N6/c1-23-9-12(8-21-23)10-25-7-4-15(25)3-6-24(11-15)14-20-5-2-13(22-14)16(17,18)19/h2,5,8-9H,3-4,6-7,10-11H2,1H3. The van der Waals surface area contributed by atoms with Crippen LogP contribution in [0.4, 0.5) is 19.1 Å². The van der Waals surface area contributed by atoms with Gasteiger partial charge in [-0.1, -0.05) is 0 Å². The molecule has 1 unspecified atom stereocenters. The van der Waals surface area contributed by atoms with Gasteiger partial charge in [0.2, 0.25) is 5.95 Å². The fraction of sp³-hybridized carbons (Fsp3) is 0.562. The van der Waals surface area contributed by atoms with Crippen molar-refractivity contribution in [3.63, 3.8) is 0 Å². The van der Waals surface area contributed by atoms with Crippen molar-refractivity contribution in [1.82, 2.24) is 24.6 Å². The van der Waals surface area contributed by atoms with Crippen LogP contribution < -0.4 is 4.90 Å². The Morgan fingerprint density at radius 2 is 2.04 bits per heavy atom. The minimum atomic E-state index is -4.45. The molecular formula is C16H19F3N6. The van der Waals surface area contributed by atoms with Crippen LogP contribution in [-0.2, 0) is 19.8 Å². The van der Waals surface area contributed by atoms with Gasteiger partial charge in [0.1, 0.15) is 5.69 Å².